The Morgan fingerprint density at radius 1 is 0.591 bits per heavy atom. The molecule has 4 aliphatic heterocycles. The van der Waals surface area contributed by atoms with Gasteiger partial charge in [-0.2, -0.15) is 0 Å². The maximum absolute atomic E-state index is 12.5. The van der Waals surface area contributed by atoms with Crippen LogP contribution in [0.25, 0.3) is 0 Å². The Morgan fingerprint density at radius 3 is 1.85 bits per heavy atom. The van der Waals surface area contributed by atoms with Crippen molar-refractivity contribution in [1.82, 2.24) is 0 Å². The van der Waals surface area contributed by atoms with Crippen LogP contribution in [0.3, 0.4) is 0 Å². The first-order valence-corrected chi connectivity index (χ1v) is 24.3. The van der Waals surface area contributed by atoms with E-state index < -0.39 is 134 Å². The van der Waals surface area contributed by atoms with Crippen LogP contribution in [0.5, 0.6) is 0 Å². The van der Waals surface area contributed by atoms with Crippen molar-refractivity contribution in [2.24, 2.45) is 50.7 Å². The van der Waals surface area contributed by atoms with Crippen molar-refractivity contribution < 1.29 is 94.4 Å². The third kappa shape index (κ3) is 7.22. The first-order valence-electron chi connectivity index (χ1n) is 24.3. The van der Waals surface area contributed by atoms with Gasteiger partial charge in [0.1, 0.15) is 67.1 Å². The van der Waals surface area contributed by atoms with Crippen LogP contribution in [0.2, 0.25) is 0 Å². The van der Waals surface area contributed by atoms with E-state index in [9.17, 15) is 61.3 Å². The van der Waals surface area contributed by atoms with Gasteiger partial charge in [-0.25, -0.2) is 0 Å². The molecule has 0 radical (unpaired) electrons. The van der Waals surface area contributed by atoms with Gasteiger partial charge in [0, 0.05) is 11.8 Å². The zero-order valence-corrected chi connectivity index (χ0v) is 39.3. The second-order valence-corrected chi connectivity index (χ2v) is 23.9. The molecule has 0 amide bonds. The van der Waals surface area contributed by atoms with E-state index in [1.165, 1.54) is 0 Å². The molecule has 4 heterocycles. The van der Waals surface area contributed by atoms with Crippen LogP contribution in [0.15, 0.2) is 0 Å². The highest BCUT2D eigenvalue weighted by Crippen LogP contribution is 2.89. The van der Waals surface area contributed by atoms with E-state index in [2.05, 4.69) is 34.6 Å². The minimum atomic E-state index is -1.75. The average molecular weight is 947 g/mol. The molecular formula is C47H78O19. The molecule has 9 fully saturated rings. The molecule has 0 bridgehead atoms. The minimum absolute atomic E-state index is 0.0698. The Morgan fingerprint density at radius 2 is 1.21 bits per heavy atom. The topological polar surface area (TPSA) is 307 Å². The van der Waals surface area contributed by atoms with E-state index in [1.807, 2.05) is 13.8 Å². The largest absolute Gasteiger partial charge is 0.394 e. The van der Waals surface area contributed by atoms with Gasteiger partial charge in [-0.3, -0.25) is 0 Å². The van der Waals surface area contributed by atoms with Gasteiger partial charge in [0.2, 0.25) is 0 Å². The molecule has 0 aromatic heterocycles. The Kier molecular flexibility index (Phi) is 12.9. The maximum atomic E-state index is 12.5. The Bertz CT molecular complexity index is 1770. The number of fused-ring (bicyclic) bond motifs is 2. The molecule has 9 rings (SSSR count). The predicted octanol–water partition coefficient (Wildman–Crippen LogP) is -1.59. The van der Waals surface area contributed by atoms with Crippen LogP contribution in [-0.4, -0.2) is 203 Å². The normalized spacial score (nSPS) is 58.0. The molecule has 5 saturated carbocycles. The summed E-state index contributed by atoms with van der Waals surface area (Å²) in [7, 11) is 0. The molecule has 26 atom stereocenters. The van der Waals surface area contributed by atoms with Gasteiger partial charge in [0.25, 0.3) is 0 Å². The first-order chi connectivity index (χ1) is 30.8. The first kappa shape index (κ1) is 50.2. The summed E-state index contributed by atoms with van der Waals surface area (Å²) >= 11 is 0. The number of aliphatic hydroxyl groups is 12. The standard InChI is InChI=1S/C47H78O19/c1-41(2)27(64-40-35(28(53)23(52)18-60-40)65-38-33(58)31(56)29(54)24(15-48)62-38)8-9-47-19-46(47)11-10-43(5)37(22(51)14-44(43,6)26(46)12-21(50)36(41)47)45(7)13-20(17-61-45)42(3,4)66-39-34(59)32(57)30(55)25(16-49)63-39/h20-40,48-59H,8-19H2,1-7H3. The molecule has 12 N–H and O–H groups in total. The van der Waals surface area contributed by atoms with E-state index in [4.69, 9.17) is 33.2 Å². The van der Waals surface area contributed by atoms with Crippen LogP contribution in [0.4, 0.5) is 0 Å². The molecule has 0 aromatic rings. The molecule has 19 heteroatoms. The molecule has 66 heavy (non-hydrogen) atoms. The Hall–Kier alpha value is -0.760. The van der Waals surface area contributed by atoms with Crippen molar-refractivity contribution in [2.75, 3.05) is 26.4 Å². The lowest BCUT2D eigenvalue weighted by molar-refractivity contribution is -0.366. The van der Waals surface area contributed by atoms with Gasteiger partial charge < -0.3 is 94.4 Å². The van der Waals surface area contributed by atoms with Crippen molar-refractivity contribution in [3.05, 3.63) is 0 Å². The highest BCUT2D eigenvalue weighted by atomic mass is 16.8. The maximum Gasteiger partial charge on any atom is 0.187 e. The quantitative estimate of drug-likeness (QED) is 0.110. The molecule has 26 unspecified atom stereocenters. The third-order valence-corrected chi connectivity index (χ3v) is 20.0. The fourth-order valence-corrected chi connectivity index (χ4v) is 16.4. The monoisotopic (exact) mass is 947 g/mol. The second kappa shape index (κ2) is 16.9. The molecule has 2 spiro atoms. The molecule has 9 aliphatic rings. The lowest BCUT2D eigenvalue weighted by Crippen LogP contribution is -2.64. The fourth-order valence-electron chi connectivity index (χ4n) is 16.4. The summed E-state index contributed by atoms with van der Waals surface area (Å²) in [6.07, 6.45) is -16.6. The van der Waals surface area contributed by atoms with Crippen molar-refractivity contribution >= 4 is 0 Å². The van der Waals surface area contributed by atoms with E-state index >= 15 is 0 Å². The molecular weight excluding hydrogens is 868 g/mol. The van der Waals surface area contributed by atoms with Gasteiger partial charge >= 0.3 is 0 Å². The van der Waals surface area contributed by atoms with Crippen molar-refractivity contribution in [1.29, 1.82) is 0 Å². The highest BCUT2D eigenvalue weighted by molar-refractivity contribution is 5.33. The predicted molar refractivity (Wildman–Crippen MR) is 226 cm³/mol. The van der Waals surface area contributed by atoms with Crippen LogP contribution >= 0.6 is 0 Å². The van der Waals surface area contributed by atoms with Crippen LogP contribution in [-0.2, 0) is 33.2 Å². The minimum Gasteiger partial charge on any atom is -0.394 e. The number of ether oxygens (including phenoxy) is 7. The number of hydrogen-bond donors (Lipinski definition) is 12. The summed E-state index contributed by atoms with van der Waals surface area (Å²) in [4.78, 5) is 0. The van der Waals surface area contributed by atoms with Gasteiger partial charge in [-0.05, 0) is 111 Å². The Balaban J connectivity index is 0.907. The summed E-state index contributed by atoms with van der Waals surface area (Å²) in [6.45, 7) is 13.4. The number of aliphatic hydroxyl groups excluding tert-OH is 12. The van der Waals surface area contributed by atoms with Crippen LogP contribution in [0, 0.1) is 50.7 Å². The zero-order valence-electron chi connectivity index (χ0n) is 39.3. The summed E-state index contributed by atoms with van der Waals surface area (Å²) in [6, 6.07) is 0. The highest BCUT2D eigenvalue weighted by Gasteiger charge is 2.85. The van der Waals surface area contributed by atoms with Crippen molar-refractivity contribution in [3.8, 4) is 0 Å². The van der Waals surface area contributed by atoms with E-state index in [0.717, 1.165) is 25.7 Å². The van der Waals surface area contributed by atoms with Crippen molar-refractivity contribution in [3.63, 3.8) is 0 Å². The lowest BCUT2D eigenvalue weighted by atomic mass is 9.41. The summed E-state index contributed by atoms with van der Waals surface area (Å²) < 4.78 is 43.0. The molecule has 19 nitrogen and oxygen atoms in total. The van der Waals surface area contributed by atoms with Gasteiger partial charge in [0.05, 0.1) is 55.9 Å². The lowest BCUT2D eigenvalue weighted by Gasteiger charge is -2.64. The van der Waals surface area contributed by atoms with Crippen LogP contribution in [0.1, 0.15) is 99.8 Å². The average Bonchev–Trinajstić information content (AvgIpc) is 3.61. The molecule has 4 saturated heterocycles. The van der Waals surface area contributed by atoms with E-state index in [-0.39, 0.29) is 51.9 Å². The smallest absolute Gasteiger partial charge is 0.187 e. The van der Waals surface area contributed by atoms with Crippen LogP contribution < -0.4 is 0 Å². The SMILES string of the molecule is CC(C)(OC1OC(CO)C(O)C(O)C1O)C1COC(C)(C2C(O)CC3(C)C4CC(O)C5C(C)(C)C(OC6OCC(O)C(O)C6OC6OC(CO)C(O)C(O)C6O)CCC56CC46CCC23C)C1. The molecule has 5 aliphatic carbocycles. The summed E-state index contributed by atoms with van der Waals surface area (Å²) in [5.74, 6) is -0.489. The van der Waals surface area contributed by atoms with E-state index in [0.29, 0.717) is 32.3 Å². The third-order valence-electron chi connectivity index (χ3n) is 20.0. The van der Waals surface area contributed by atoms with Gasteiger partial charge in [0.15, 0.2) is 18.9 Å². The van der Waals surface area contributed by atoms with Gasteiger partial charge in [-0.15, -0.1) is 0 Å². The second-order valence-electron chi connectivity index (χ2n) is 23.9. The molecule has 380 valence electrons. The van der Waals surface area contributed by atoms with Crippen molar-refractivity contribution in [2.45, 2.75) is 215 Å². The fraction of sp³-hybridized carbons (Fsp3) is 1.00. The van der Waals surface area contributed by atoms with E-state index in [1.54, 1.807) is 0 Å². The number of hydrogen-bond acceptors (Lipinski definition) is 19. The summed E-state index contributed by atoms with van der Waals surface area (Å²) in [5, 5.41) is 129. The molecule has 0 aromatic carbocycles. The summed E-state index contributed by atoms with van der Waals surface area (Å²) in [5.41, 5.74) is -3.27. The number of rotatable bonds is 10. The zero-order chi connectivity index (χ0) is 48.1. The van der Waals surface area contributed by atoms with Gasteiger partial charge in [-0.1, -0.05) is 27.7 Å². The Labute approximate surface area is 386 Å².